The average Bonchev–Trinajstić information content (AvgIpc) is 2.82. The third-order valence-electron chi connectivity index (χ3n) is 5.87. The molecule has 5 heteroatoms. The zero-order valence-corrected chi connectivity index (χ0v) is 19.5. The van der Waals surface area contributed by atoms with Crippen molar-refractivity contribution in [3.05, 3.63) is 95.1 Å². The molecular weight excluding hydrogens is 412 g/mol. The summed E-state index contributed by atoms with van der Waals surface area (Å²) < 4.78 is 5.69. The molecule has 2 atom stereocenters. The molecule has 1 amide bonds. The number of nitrogen functional groups attached to an aromatic ring is 1. The van der Waals surface area contributed by atoms with Crippen LogP contribution in [0.15, 0.2) is 72.8 Å². The molecule has 33 heavy (non-hydrogen) atoms. The van der Waals surface area contributed by atoms with Crippen LogP contribution in [0.25, 0.3) is 0 Å². The second-order valence-electron chi connectivity index (χ2n) is 8.60. The van der Waals surface area contributed by atoms with Crippen molar-refractivity contribution in [2.45, 2.75) is 45.1 Å². The van der Waals surface area contributed by atoms with Gasteiger partial charge in [0, 0.05) is 12.2 Å². The smallest absolute Gasteiger partial charge is 0.258 e. The van der Waals surface area contributed by atoms with Gasteiger partial charge in [-0.05, 0) is 73.4 Å². The SMILES string of the molecule is Cc1cccc(C)c1OCC(=O)NC[C@H](O)CCC(Cc1ccc(N)cc1)c1ccccc1. The van der Waals surface area contributed by atoms with Crippen molar-refractivity contribution in [2.75, 3.05) is 18.9 Å². The second-order valence-corrected chi connectivity index (χ2v) is 8.60. The lowest BCUT2D eigenvalue weighted by Gasteiger charge is -2.20. The first kappa shape index (κ1) is 24.3. The van der Waals surface area contributed by atoms with Gasteiger partial charge in [0.2, 0.25) is 0 Å². The number of ether oxygens (including phenoxy) is 1. The van der Waals surface area contributed by atoms with E-state index in [1.54, 1.807) is 0 Å². The lowest BCUT2D eigenvalue weighted by atomic mass is 9.87. The second kappa shape index (κ2) is 12.1. The number of nitrogens with two attached hydrogens (primary N) is 1. The highest BCUT2D eigenvalue weighted by Crippen LogP contribution is 2.27. The Morgan fingerprint density at radius 3 is 2.27 bits per heavy atom. The predicted molar refractivity (Wildman–Crippen MR) is 133 cm³/mol. The topological polar surface area (TPSA) is 84.6 Å². The Labute approximate surface area is 196 Å². The van der Waals surface area contributed by atoms with E-state index in [4.69, 9.17) is 10.5 Å². The van der Waals surface area contributed by atoms with Gasteiger partial charge >= 0.3 is 0 Å². The number of para-hydroxylation sites is 1. The number of rotatable bonds is 11. The lowest BCUT2D eigenvalue weighted by molar-refractivity contribution is -0.123. The molecule has 0 saturated heterocycles. The quantitative estimate of drug-likeness (QED) is 0.377. The number of aliphatic hydroxyl groups is 1. The molecular formula is C28H34N2O3. The summed E-state index contributed by atoms with van der Waals surface area (Å²) in [7, 11) is 0. The van der Waals surface area contributed by atoms with Crippen molar-refractivity contribution < 1.29 is 14.6 Å². The summed E-state index contributed by atoms with van der Waals surface area (Å²) >= 11 is 0. The van der Waals surface area contributed by atoms with Crippen LogP contribution in [-0.4, -0.2) is 30.3 Å². The maximum Gasteiger partial charge on any atom is 0.258 e. The third kappa shape index (κ3) is 7.65. The first-order valence-electron chi connectivity index (χ1n) is 11.5. The van der Waals surface area contributed by atoms with Crippen LogP contribution in [0, 0.1) is 13.8 Å². The van der Waals surface area contributed by atoms with Gasteiger partial charge in [0.25, 0.3) is 5.91 Å². The Bertz CT molecular complexity index is 999. The van der Waals surface area contributed by atoms with Gasteiger partial charge in [0.15, 0.2) is 6.61 Å². The van der Waals surface area contributed by atoms with Gasteiger partial charge in [-0.15, -0.1) is 0 Å². The number of amides is 1. The molecule has 4 N–H and O–H groups in total. The van der Waals surface area contributed by atoms with Crippen LogP contribution in [0.1, 0.15) is 41.0 Å². The van der Waals surface area contributed by atoms with E-state index >= 15 is 0 Å². The van der Waals surface area contributed by atoms with Crippen molar-refractivity contribution in [3.63, 3.8) is 0 Å². The zero-order valence-electron chi connectivity index (χ0n) is 19.5. The number of carbonyl (C=O) groups excluding carboxylic acids is 1. The fraction of sp³-hybridized carbons (Fsp3) is 0.321. The van der Waals surface area contributed by atoms with E-state index in [-0.39, 0.29) is 25.0 Å². The number of aliphatic hydroxyl groups excluding tert-OH is 1. The number of hydrogen-bond donors (Lipinski definition) is 3. The van der Waals surface area contributed by atoms with Crippen molar-refractivity contribution in [2.24, 2.45) is 0 Å². The van der Waals surface area contributed by atoms with Gasteiger partial charge in [0.1, 0.15) is 5.75 Å². The minimum atomic E-state index is -0.619. The normalized spacial score (nSPS) is 12.7. The monoisotopic (exact) mass is 446 g/mol. The highest BCUT2D eigenvalue weighted by Gasteiger charge is 2.16. The molecule has 0 saturated carbocycles. The summed E-state index contributed by atoms with van der Waals surface area (Å²) in [5.74, 6) is 0.771. The Hall–Kier alpha value is -3.31. The van der Waals surface area contributed by atoms with E-state index in [0.717, 1.165) is 35.4 Å². The highest BCUT2D eigenvalue weighted by molar-refractivity contribution is 5.77. The molecule has 174 valence electrons. The van der Waals surface area contributed by atoms with Crippen LogP contribution >= 0.6 is 0 Å². The molecule has 0 heterocycles. The Morgan fingerprint density at radius 1 is 0.939 bits per heavy atom. The van der Waals surface area contributed by atoms with Crippen LogP contribution < -0.4 is 15.8 Å². The molecule has 1 unspecified atom stereocenters. The third-order valence-corrected chi connectivity index (χ3v) is 5.87. The van der Waals surface area contributed by atoms with Gasteiger partial charge in [-0.25, -0.2) is 0 Å². The lowest BCUT2D eigenvalue weighted by Crippen LogP contribution is -2.35. The molecule has 0 aromatic heterocycles. The van der Waals surface area contributed by atoms with Gasteiger partial charge in [0.05, 0.1) is 6.10 Å². The molecule has 0 radical (unpaired) electrons. The number of carbonyl (C=O) groups is 1. The summed E-state index contributed by atoms with van der Waals surface area (Å²) in [6, 6.07) is 24.2. The van der Waals surface area contributed by atoms with Gasteiger partial charge in [-0.1, -0.05) is 60.7 Å². The Morgan fingerprint density at radius 2 is 1.61 bits per heavy atom. The molecule has 3 aromatic carbocycles. The van der Waals surface area contributed by atoms with Crippen LogP contribution in [0.5, 0.6) is 5.75 Å². The van der Waals surface area contributed by atoms with E-state index in [2.05, 4.69) is 29.6 Å². The standard InChI is InChI=1S/C28H34N2O3/c1-20-7-6-8-21(2)28(20)33-19-27(32)30-18-26(31)16-13-24(23-9-4-3-5-10-23)17-22-11-14-25(29)15-12-22/h3-12,14-15,24,26,31H,13,16-19,29H2,1-2H3,(H,30,32)/t24?,26-/m1/s1. The van der Waals surface area contributed by atoms with E-state index in [1.165, 1.54) is 11.1 Å². The first-order valence-corrected chi connectivity index (χ1v) is 11.5. The van der Waals surface area contributed by atoms with Crippen LogP contribution in [0.4, 0.5) is 5.69 Å². The minimum absolute atomic E-state index is 0.0673. The van der Waals surface area contributed by atoms with Crippen molar-refractivity contribution >= 4 is 11.6 Å². The van der Waals surface area contributed by atoms with E-state index in [0.29, 0.717) is 6.42 Å². The fourth-order valence-corrected chi connectivity index (χ4v) is 3.99. The summed E-state index contributed by atoms with van der Waals surface area (Å²) in [5.41, 5.74) is 11.0. The molecule has 0 spiro atoms. The molecule has 0 fully saturated rings. The number of hydrogen-bond acceptors (Lipinski definition) is 4. The van der Waals surface area contributed by atoms with Gasteiger partial charge in [-0.2, -0.15) is 0 Å². The maximum absolute atomic E-state index is 12.2. The Balaban J connectivity index is 1.48. The number of nitrogens with one attached hydrogen (secondary N) is 1. The Kier molecular flexibility index (Phi) is 8.90. The average molecular weight is 447 g/mol. The molecule has 0 aliphatic heterocycles. The van der Waals surface area contributed by atoms with Crippen LogP contribution in [0.3, 0.4) is 0 Å². The molecule has 0 bridgehead atoms. The summed E-state index contributed by atoms with van der Waals surface area (Å²) in [6.45, 7) is 4.05. The van der Waals surface area contributed by atoms with Crippen LogP contribution in [-0.2, 0) is 11.2 Å². The molecule has 0 aliphatic rings. The molecule has 5 nitrogen and oxygen atoms in total. The highest BCUT2D eigenvalue weighted by atomic mass is 16.5. The summed E-state index contributed by atoms with van der Waals surface area (Å²) in [5, 5.41) is 13.3. The fourth-order valence-electron chi connectivity index (χ4n) is 3.99. The summed E-state index contributed by atoms with van der Waals surface area (Å²) in [4.78, 5) is 12.2. The minimum Gasteiger partial charge on any atom is -0.483 e. The summed E-state index contributed by atoms with van der Waals surface area (Å²) in [6.07, 6.45) is 1.65. The zero-order chi connectivity index (χ0) is 23.6. The predicted octanol–water partition coefficient (Wildman–Crippen LogP) is 4.55. The first-order chi connectivity index (χ1) is 15.9. The largest absolute Gasteiger partial charge is 0.483 e. The van der Waals surface area contributed by atoms with E-state index < -0.39 is 6.10 Å². The molecule has 0 aliphatic carbocycles. The maximum atomic E-state index is 12.2. The van der Waals surface area contributed by atoms with Gasteiger partial charge < -0.3 is 20.9 Å². The van der Waals surface area contributed by atoms with E-state index in [1.807, 2.05) is 62.4 Å². The molecule has 3 aromatic rings. The van der Waals surface area contributed by atoms with Gasteiger partial charge in [-0.3, -0.25) is 4.79 Å². The molecule has 3 rings (SSSR count). The van der Waals surface area contributed by atoms with Crippen molar-refractivity contribution in [1.82, 2.24) is 5.32 Å². The van der Waals surface area contributed by atoms with Crippen molar-refractivity contribution in [3.8, 4) is 5.75 Å². The van der Waals surface area contributed by atoms with Crippen LogP contribution in [0.2, 0.25) is 0 Å². The van der Waals surface area contributed by atoms with E-state index in [9.17, 15) is 9.90 Å². The number of anilines is 1. The number of aryl methyl sites for hydroxylation is 2. The number of benzene rings is 3. The van der Waals surface area contributed by atoms with Crippen molar-refractivity contribution in [1.29, 1.82) is 0 Å².